The second kappa shape index (κ2) is 37.4. The third kappa shape index (κ3) is 23.2. The number of Topliss-reactive ketones (excluding diaryl/α,β-unsaturated/α-hetero) is 3. The van der Waals surface area contributed by atoms with E-state index in [0.29, 0.717) is 62.9 Å². The van der Waals surface area contributed by atoms with Gasteiger partial charge in [-0.3, -0.25) is 57.6 Å². The molecule has 2 aliphatic heterocycles. The average Bonchev–Trinajstić information content (AvgIpc) is 3.41. The molecule has 2 heterocycles. The van der Waals surface area contributed by atoms with Gasteiger partial charge in [0.15, 0.2) is 17.3 Å². The summed E-state index contributed by atoms with van der Waals surface area (Å²) in [5, 5.41) is 14.5. The van der Waals surface area contributed by atoms with Crippen molar-refractivity contribution in [2.45, 2.75) is 194 Å². The number of piperidine rings is 1. The van der Waals surface area contributed by atoms with Gasteiger partial charge in [0, 0.05) is 115 Å². The number of amides is 8. The number of ether oxygens (including phenoxy) is 2. The monoisotopic (exact) mass is 1250 g/mol. The van der Waals surface area contributed by atoms with Crippen molar-refractivity contribution in [3.63, 3.8) is 0 Å². The number of hydrogen-bond acceptors (Lipinski definition) is 15. The Labute approximate surface area is 526 Å². The Kier molecular flexibility index (Phi) is 32.1. The van der Waals surface area contributed by atoms with Crippen LogP contribution in [0, 0.1) is 41.4 Å². The Morgan fingerprint density at radius 2 is 1.37 bits per heavy atom. The Balaban J connectivity index is 1.64. The number of ketones is 3. The van der Waals surface area contributed by atoms with E-state index in [1.165, 1.54) is 28.1 Å². The molecule has 2 saturated heterocycles. The third-order valence-electron chi connectivity index (χ3n) is 17.9. The van der Waals surface area contributed by atoms with Gasteiger partial charge in [0.2, 0.25) is 47.3 Å². The number of carbonyl (C=O) groups is 11. The Hall–Kier alpha value is -6.82. The smallest absolute Gasteiger partial charge is 0.226 e. The zero-order chi connectivity index (χ0) is 67.0. The molecule has 1 aromatic carbocycles. The van der Waals surface area contributed by atoms with Crippen molar-refractivity contribution in [3.8, 4) is 0 Å². The van der Waals surface area contributed by atoms with Gasteiger partial charge < -0.3 is 51.2 Å². The molecule has 1 aromatic rings. The van der Waals surface area contributed by atoms with Crippen LogP contribution in [0.1, 0.15) is 144 Å². The number of methoxy groups -OCH3 is 2. The van der Waals surface area contributed by atoms with Crippen molar-refractivity contribution >= 4 is 64.6 Å². The van der Waals surface area contributed by atoms with E-state index in [4.69, 9.17) is 15.2 Å². The fourth-order valence-corrected chi connectivity index (χ4v) is 12.5. The molecule has 25 nitrogen and oxygen atoms in total. The standard InChI is InChI=1S/C64H104N12O13/c1-16-39(6)59(74(13)64(87)47(37(2)3)33-52(79)58(38(4)5)73(11)12)53(88-14)35-57(83)76-27-17-18-49(76)60(89-15)41(8)62(85)70-46(36-68-72-66)31-43-19-21-44(22-20-43)32-51(78)48(34-54(65)80)71-61(84)40(7)30-50(77)42(9)69-55(81)23-24-56(82)75-28-25-45(26-29-75)63(86)67-10/h19-22,37-42,45-49,53,58-60H,16-18,23-36H2,1-15H3,(H2,65,80)(H,67,86)(H,69,81)(H,70,85)(H,71,84)/t39-,40+,41+,42-,46-,47-,48-,49-,53+,58-,59-,60+/m0/s1. The first-order chi connectivity index (χ1) is 41.9. The Morgan fingerprint density at radius 1 is 0.742 bits per heavy atom. The lowest BCUT2D eigenvalue weighted by molar-refractivity contribution is -0.149. The van der Waals surface area contributed by atoms with Crippen LogP contribution >= 0.6 is 0 Å². The number of hydrogen-bond donors (Lipinski definition) is 5. The minimum Gasteiger partial charge on any atom is -0.379 e. The van der Waals surface area contributed by atoms with Crippen LogP contribution in [-0.2, 0) is 75.1 Å². The zero-order valence-corrected chi connectivity index (χ0v) is 55.5. The zero-order valence-electron chi connectivity index (χ0n) is 55.5. The van der Waals surface area contributed by atoms with E-state index >= 15 is 0 Å². The number of benzene rings is 1. The molecule has 8 amide bonds. The van der Waals surface area contributed by atoms with Crippen molar-refractivity contribution in [2.24, 2.45) is 52.3 Å². The highest BCUT2D eigenvalue weighted by molar-refractivity contribution is 5.97. The van der Waals surface area contributed by atoms with E-state index < -0.39 is 102 Å². The molecule has 0 aliphatic carbocycles. The molecule has 3 rings (SSSR count). The third-order valence-corrected chi connectivity index (χ3v) is 17.9. The maximum absolute atomic E-state index is 14.5. The molecule has 0 spiro atoms. The van der Waals surface area contributed by atoms with Crippen molar-refractivity contribution in [2.75, 3.05) is 68.6 Å². The van der Waals surface area contributed by atoms with Crippen molar-refractivity contribution in [1.29, 1.82) is 0 Å². The van der Waals surface area contributed by atoms with Gasteiger partial charge in [-0.25, -0.2) is 0 Å². The molecule has 6 N–H and O–H groups in total. The van der Waals surface area contributed by atoms with Gasteiger partial charge in [0.1, 0.15) is 0 Å². The van der Waals surface area contributed by atoms with E-state index in [1.54, 1.807) is 60.0 Å². The molecule has 0 radical (unpaired) electrons. The lowest BCUT2D eigenvalue weighted by atomic mass is 9.83. The summed E-state index contributed by atoms with van der Waals surface area (Å²) in [6, 6.07) is 2.53. The molecular weight excluding hydrogens is 1140 g/mol. The number of likely N-dealkylation sites (tertiary alicyclic amines) is 2. The number of likely N-dealkylation sites (N-methyl/N-ethyl adjacent to an activating group) is 2. The molecule has 12 atom stereocenters. The quantitative estimate of drug-likeness (QED) is 0.0354. The molecule has 2 fully saturated rings. The topological polar surface area (TPSA) is 342 Å². The first-order valence-corrected chi connectivity index (χ1v) is 31.6. The van der Waals surface area contributed by atoms with E-state index in [-0.39, 0.29) is 111 Å². The van der Waals surface area contributed by atoms with Crippen LogP contribution in [-0.4, -0.2) is 201 Å². The molecular formula is C64H104N12O13. The summed E-state index contributed by atoms with van der Waals surface area (Å²) < 4.78 is 12.1. The average molecular weight is 1250 g/mol. The number of nitrogens with zero attached hydrogens (tertiary/aromatic N) is 7. The number of nitrogens with one attached hydrogen (secondary N) is 4. The maximum atomic E-state index is 14.5. The number of nitrogens with two attached hydrogens (primary N) is 1. The first kappa shape index (κ1) is 76.4. The second-order valence-electron chi connectivity index (χ2n) is 25.4. The van der Waals surface area contributed by atoms with Gasteiger partial charge in [-0.1, -0.05) is 91.2 Å². The van der Waals surface area contributed by atoms with E-state index in [0.717, 1.165) is 0 Å². The Morgan fingerprint density at radius 3 is 1.91 bits per heavy atom. The lowest BCUT2D eigenvalue weighted by Crippen LogP contribution is -2.54. The van der Waals surface area contributed by atoms with Crippen LogP contribution in [0.3, 0.4) is 0 Å². The van der Waals surface area contributed by atoms with Crippen LogP contribution < -0.4 is 27.0 Å². The number of carbonyl (C=O) groups excluding carboxylic acids is 11. The summed E-state index contributed by atoms with van der Waals surface area (Å²) in [6.07, 6.45) is 0.547. The largest absolute Gasteiger partial charge is 0.379 e. The number of rotatable bonds is 38. The molecule has 0 unspecified atom stereocenters. The van der Waals surface area contributed by atoms with Crippen LogP contribution in [0.25, 0.3) is 10.4 Å². The Bertz CT molecular complexity index is 2610. The summed E-state index contributed by atoms with van der Waals surface area (Å²) in [7, 11) is 10.1. The summed E-state index contributed by atoms with van der Waals surface area (Å²) in [5.41, 5.74) is 16.0. The highest BCUT2D eigenvalue weighted by Crippen LogP contribution is 2.31. The lowest BCUT2D eigenvalue weighted by Gasteiger charge is -2.41. The summed E-state index contributed by atoms with van der Waals surface area (Å²) in [5.74, 6) is -6.78. The van der Waals surface area contributed by atoms with Gasteiger partial charge in [0.05, 0.1) is 61.2 Å². The fourth-order valence-electron chi connectivity index (χ4n) is 12.5. The summed E-state index contributed by atoms with van der Waals surface area (Å²) in [4.78, 5) is 156. The normalized spacial score (nSPS) is 18.2. The summed E-state index contributed by atoms with van der Waals surface area (Å²) in [6.45, 7) is 17.7. The van der Waals surface area contributed by atoms with Crippen molar-refractivity contribution in [1.82, 2.24) is 40.9 Å². The van der Waals surface area contributed by atoms with Gasteiger partial charge in [0.25, 0.3) is 0 Å². The van der Waals surface area contributed by atoms with Crippen LogP contribution in [0.4, 0.5) is 0 Å². The molecule has 89 heavy (non-hydrogen) atoms. The molecule has 0 aromatic heterocycles. The van der Waals surface area contributed by atoms with Gasteiger partial charge >= 0.3 is 0 Å². The minimum absolute atomic E-state index is 0.00308. The van der Waals surface area contributed by atoms with E-state index in [2.05, 4.69) is 31.3 Å². The maximum Gasteiger partial charge on any atom is 0.226 e. The number of azide groups is 1. The predicted octanol–water partition coefficient (Wildman–Crippen LogP) is 4.10. The highest BCUT2D eigenvalue weighted by Gasteiger charge is 2.44. The molecule has 0 bridgehead atoms. The predicted molar refractivity (Wildman–Crippen MR) is 336 cm³/mol. The van der Waals surface area contributed by atoms with E-state index in [9.17, 15) is 58.3 Å². The minimum atomic E-state index is -1.32. The first-order valence-electron chi connectivity index (χ1n) is 31.6. The van der Waals surface area contributed by atoms with Crippen LogP contribution in [0.5, 0.6) is 0 Å². The highest BCUT2D eigenvalue weighted by atomic mass is 16.5. The van der Waals surface area contributed by atoms with Crippen molar-refractivity contribution in [3.05, 3.63) is 45.8 Å². The molecule has 2 aliphatic rings. The molecule has 0 saturated carbocycles. The second-order valence-corrected chi connectivity index (χ2v) is 25.4. The number of primary amides is 1. The van der Waals surface area contributed by atoms with E-state index in [1.807, 2.05) is 60.5 Å². The molecule has 25 heteroatoms. The fraction of sp³-hybridized carbons (Fsp3) is 0.734. The summed E-state index contributed by atoms with van der Waals surface area (Å²) >= 11 is 0. The van der Waals surface area contributed by atoms with Crippen molar-refractivity contribution < 1.29 is 62.2 Å². The van der Waals surface area contributed by atoms with Gasteiger partial charge in [-0.2, -0.15) is 0 Å². The van der Waals surface area contributed by atoms with Gasteiger partial charge in [-0.15, -0.1) is 0 Å². The van der Waals surface area contributed by atoms with Gasteiger partial charge in [-0.05, 0) is 87.5 Å². The molecule has 498 valence electrons. The van der Waals surface area contributed by atoms with Crippen LogP contribution in [0.2, 0.25) is 0 Å². The van der Waals surface area contributed by atoms with Crippen LogP contribution in [0.15, 0.2) is 29.4 Å². The SMILES string of the molecule is CC[C@H](C)[C@@H]([C@@H](CC(=O)N1CCC[C@H]1[C@H](OC)[C@@H](C)C(=O)N[C@H](CN=[N+]=[N-])Cc1ccc(CC(=O)[C@H](CC(N)=O)NC(=O)[C@H](C)CC(=O)[C@H](C)NC(=O)CCC(=O)N2CCC(C(=O)NC)CC2)cc1)OC)N(C)C(=O)[C@@H](CC(=O)[C@H](C(C)C)N(C)C)C(C)C.